The van der Waals surface area contributed by atoms with Gasteiger partial charge in [-0.1, -0.05) is 0 Å². The highest BCUT2D eigenvalue weighted by molar-refractivity contribution is 5.93. The van der Waals surface area contributed by atoms with Crippen LogP contribution < -0.4 is 9.68 Å². The van der Waals surface area contributed by atoms with Crippen molar-refractivity contribution in [3.05, 3.63) is 23.8 Å². The van der Waals surface area contributed by atoms with Gasteiger partial charge in [-0.3, -0.25) is 4.94 Å². The summed E-state index contributed by atoms with van der Waals surface area (Å²) in [6, 6.07) is 4.20. The molecular weight excluding hydrogens is 227 g/mol. The van der Waals surface area contributed by atoms with Gasteiger partial charge in [-0.25, -0.2) is 4.79 Å². The Bertz CT molecular complexity index is 409. The lowest BCUT2D eigenvalue weighted by atomic mass is 10.1. The van der Waals surface area contributed by atoms with E-state index in [0.717, 1.165) is 0 Å². The predicted molar refractivity (Wildman–Crippen MR) is 59.9 cm³/mol. The lowest BCUT2D eigenvalue weighted by molar-refractivity contribution is -0.0130. The van der Waals surface area contributed by atoms with Crippen LogP contribution in [0.25, 0.3) is 0 Å². The Labute approximate surface area is 99.2 Å². The molecule has 94 valence electrons. The maximum atomic E-state index is 12.3. The number of carbonyl (C=O) groups is 1. The third kappa shape index (κ3) is 3.62. The van der Waals surface area contributed by atoms with Crippen molar-refractivity contribution in [3.63, 3.8) is 0 Å². The summed E-state index contributed by atoms with van der Waals surface area (Å²) in [5.74, 6) is -0.476. The summed E-state index contributed by atoms with van der Waals surface area (Å²) >= 11 is 0. The average Bonchev–Trinajstić information content (AvgIpc) is 2.25. The minimum Gasteiger partial charge on any atom is -0.497 e. The first-order valence-electron chi connectivity index (χ1n) is 5.07. The second-order valence-electron chi connectivity index (χ2n) is 4.44. The number of halogens is 1. The molecule has 5 heteroatoms. The van der Waals surface area contributed by atoms with Crippen molar-refractivity contribution in [2.75, 3.05) is 7.11 Å². The fraction of sp³-hybridized carbons (Fsp3) is 0.417. The highest BCUT2D eigenvalue weighted by atomic mass is 19.3. The predicted octanol–water partition coefficient (Wildman–Crippen LogP) is 2.91. The molecule has 0 unspecified atom stereocenters. The fourth-order valence-corrected chi connectivity index (χ4v) is 1.20. The smallest absolute Gasteiger partial charge is 0.342 e. The summed E-state index contributed by atoms with van der Waals surface area (Å²) in [4.78, 5) is 15.4. The van der Waals surface area contributed by atoms with Crippen molar-refractivity contribution >= 4 is 5.97 Å². The zero-order chi connectivity index (χ0) is 13.1. The van der Waals surface area contributed by atoms with E-state index in [4.69, 9.17) is 9.47 Å². The monoisotopic (exact) mass is 242 g/mol. The van der Waals surface area contributed by atoms with E-state index in [0.29, 0.717) is 5.75 Å². The molecular formula is C12H15FO4. The Morgan fingerprint density at radius 2 is 1.94 bits per heavy atom. The lowest BCUT2D eigenvalue weighted by Gasteiger charge is -2.19. The van der Waals surface area contributed by atoms with E-state index in [1.807, 2.05) is 0 Å². The first kappa shape index (κ1) is 13.3. The van der Waals surface area contributed by atoms with E-state index >= 15 is 0 Å². The Morgan fingerprint density at radius 3 is 2.41 bits per heavy atom. The molecule has 17 heavy (non-hydrogen) atoms. The molecule has 0 heterocycles. The Balaban J connectivity index is 3.01. The molecule has 0 spiro atoms. The fourth-order valence-electron chi connectivity index (χ4n) is 1.20. The largest absolute Gasteiger partial charge is 0.497 e. The maximum Gasteiger partial charge on any atom is 0.342 e. The molecule has 0 saturated heterocycles. The normalized spacial score (nSPS) is 10.9. The van der Waals surface area contributed by atoms with Gasteiger partial charge < -0.3 is 9.47 Å². The van der Waals surface area contributed by atoms with Gasteiger partial charge in [0, 0.05) is 10.6 Å². The standard InChI is InChI=1S/C12H15FO4/c1-12(2,3)16-11(14)9-6-5-8(15-4)7-10(9)17-13/h5-7H,1-4H3. The molecule has 4 nitrogen and oxygen atoms in total. The molecule has 0 fully saturated rings. The second-order valence-corrected chi connectivity index (χ2v) is 4.44. The molecule has 0 amide bonds. The number of ether oxygens (including phenoxy) is 2. The summed E-state index contributed by atoms with van der Waals surface area (Å²) in [6.45, 7) is 5.18. The number of rotatable bonds is 3. The first-order chi connectivity index (χ1) is 7.87. The van der Waals surface area contributed by atoms with Gasteiger partial charge in [0.05, 0.1) is 7.11 Å². The molecule has 0 aromatic heterocycles. The zero-order valence-corrected chi connectivity index (χ0v) is 10.2. The Hall–Kier alpha value is -1.78. The zero-order valence-electron chi connectivity index (χ0n) is 10.2. The third-order valence-electron chi connectivity index (χ3n) is 1.89. The van der Waals surface area contributed by atoms with Crippen LogP contribution in [-0.2, 0) is 4.74 Å². The van der Waals surface area contributed by atoms with Crippen molar-refractivity contribution in [1.82, 2.24) is 0 Å². The van der Waals surface area contributed by atoms with Gasteiger partial charge in [0.15, 0.2) is 5.75 Å². The highest BCUT2D eigenvalue weighted by Crippen LogP contribution is 2.27. The van der Waals surface area contributed by atoms with Crippen molar-refractivity contribution in [3.8, 4) is 11.5 Å². The van der Waals surface area contributed by atoms with Crippen molar-refractivity contribution < 1.29 is 23.7 Å². The van der Waals surface area contributed by atoms with E-state index < -0.39 is 11.6 Å². The van der Waals surface area contributed by atoms with Crippen LogP contribution in [-0.4, -0.2) is 18.7 Å². The topological polar surface area (TPSA) is 44.8 Å². The van der Waals surface area contributed by atoms with Crippen LogP contribution >= 0.6 is 0 Å². The summed E-state index contributed by atoms with van der Waals surface area (Å²) in [5, 5.41) is 0. The molecule has 0 bridgehead atoms. The van der Waals surface area contributed by atoms with E-state index in [9.17, 15) is 9.32 Å². The Morgan fingerprint density at radius 1 is 1.29 bits per heavy atom. The highest BCUT2D eigenvalue weighted by Gasteiger charge is 2.22. The van der Waals surface area contributed by atoms with Crippen LogP contribution in [0.15, 0.2) is 18.2 Å². The van der Waals surface area contributed by atoms with Gasteiger partial charge in [-0.15, -0.1) is 0 Å². The number of methoxy groups -OCH3 is 1. The Kier molecular flexibility index (Phi) is 3.93. The van der Waals surface area contributed by atoms with E-state index in [1.54, 1.807) is 20.8 Å². The van der Waals surface area contributed by atoms with Gasteiger partial charge in [-0.2, -0.15) is 0 Å². The van der Waals surface area contributed by atoms with Crippen LogP contribution in [0.2, 0.25) is 0 Å². The summed E-state index contributed by atoms with van der Waals surface area (Å²) < 4.78 is 22.3. The molecule has 0 aliphatic carbocycles. The molecule has 0 N–H and O–H groups in total. The van der Waals surface area contributed by atoms with Gasteiger partial charge in [-0.05, 0) is 32.9 Å². The van der Waals surface area contributed by atoms with Crippen LogP contribution in [0.3, 0.4) is 0 Å². The van der Waals surface area contributed by atoms with Crippen LogP contribution in [0, 0.1) is 0 Å². The second kappa shape index (κ2) is 5.03. The molecule has 0 radical (unpaired) electrons. The maximum absolute atomic E-state index is 12.3. The van der Waals surface area contributed by atoms with Crippen molar-refractivity contribution in [1.29, 1.82) is 0 Å². The minimum atomic E-state index is -0.648. The molecule has 0 atom stereocenters. The molecule has 0 aliphatic heterocycles. The van der Waals surface area contributed by atoms with Crippen molar-refractivity contribution in [2.45, 2.75) is 26.4 Å². The van der Waals surface area contributed by atoms with Crippen molar-refractivity contribution in [2.24, 2.45) is 0 Å². The van der Waals surface area contributed by atoms with Gasteiger partial charge in [0.1, 0.15) is 16.9 Å². The van der Waals surface area contributed by atoms with E-state index in [1.165, 1.54) is 25.3 Å². The number of benzene rings is 1. The lowest BCUT2D eigenvalue weighted by Crippen LogP contribution is -2.24. The van der Waals surface area contributed by atoms with Crippen LogP contribution in [0.1, 0.15) is 31.1 Å². The summed E-state index contributed by atoms with van der Waals surface area (Å²) in [5.41, 5.74) is -0.631. The minimum absolute atomic E-state index is 0.0169. The molecule has 0 aliphatic rings. The summed E-state index contributed by atoms with van der Waals surface area (Å²) in [6.07, 6.45) is 0. The first-order valence-corrected chi connectivity index (χ1v) is 5.07. The average molecular weight is 242 g/mol. The van der Waals surface area contributed by atoms with Gasteiger partial charge >= 0.3 is 5.97 Å². The van der Waals surface area contributed by atoms with Crippen LogP contribution in [0.5, 0.6) is 11.5 Å². The molecule has 1 rings (SSSR count). The van der Waals surface area contributed by atoms with Gasteiger partial charge in [0.25, 0.3) is 0 Å². The molecule has 0 saturated carbocycles. The van der Waals surface area contributed by atoms with Crippen LogP contribution in [0.4, 0.5) is 4.53 Å². The molecule has 1 aromatic carbocycles. The quantitative estimate of drug-likeness (QED) is 0.764. The number of hydrogen-bond donors (Lipinski definition) is 0. The van der Waals surface area contributed by atoms with E-state index in [2.05, 4.69) is 4.94 Å². The van der Waals surface area contributed by atoms with Gasteiger partial charge in [0.2, 0.25) is 0 Å². The third-order valence-corrected chi connectivity index (χ3v) is 1.89. The number of carbonyl (C=O) groups excluding carboxylic acids is 1. The SMILES string of the molecule is COc1ccc(C(=O)OC(C)(C)C)c(OF)c1. The number of esters is 1. The van der Waals surface area contributed by atoms with E-state index in [-0.39, 0.29) is 11.3 Å². The summed E-state index contributed by atoms with van der Waals surface area (Å²) in [7, 11) is 1.44. The number of hydrogen-bond acceptors (Lipinski definition) is 4. The molecule has 1 aromatic rings.